The number of anilines is 1. The van der Waals surface area contributed by atoms with Crippen LogP contribution in [0.25, 0.3) is 11.6 Å². The summed E-state index contributed by atoms with van der Waals surface area (Å²) in [6.45, 7) is 2.49. The maximum absolute atomic E-state index is 13.9. The summed E-state index contributed by atoms with van der Waals surface area (Å²) >= 11 is 0. The maximum Gasteiger partial charge on any atom is 0.488 e. The molecule has 3 heterocycles. The van der Waals surface area contributed by atoms with Crippen LogP contribution >= 0.6 is 0 Å². The van der Waals surface area contributed by atoms with E-state index < -0.39 is 19.0 Å². The Balaban J connectivity index is 1.28. The fraction of sp³-hybridized carbons (Fsp3) is 0.324. The molecule has 0 bridgehead atoms. The highest BCUT2D eigenvalue weighted by Gasteiger charge is 2.57. The minimum atomic E-state index is -1.70. The van der Waals surface area contributed by atoms with Crippen LogP contribution in [0.2, 0.25) is 0 Å². The van der Waals surface area contributed by atoms with Gasteiger partial charge in [0.05, 0.1) is 35.9 Å². The third-order valence-corrected chi connectivity index (χ3v) is 8.92. The minimum absolute atomic E-state index is 0.182. The molecule has 0 radical (unpaired) electrons. The lowest BCUT2D eigenvalue weighted by molar-refractivity contribution is -0.122. The van der Waals surface area contributed by atoms with Crippen LogP contribution in [0.5, 0.6) is 5.75 Å². The predicted molar refractivity (Wildman–Crippen MR) is 165 cm³/mol. The second kappa shape index (κ2) is 12.3. The standard InChI is InChI=1S/C34H35BN2O6/c1-2-8-23-18-26-32(34(40)37(33(26)39)25-11-7-10-24(19-25)35(41)42)27-20-43-30(31(23)27)15-14-21(28-12-5-6-16-36-28)17-22-9-3-4-13-29(22)38/h3-7,9-13,16-17,19,26-27,30,32,38,41-42H,2,8,14-15,18,20H2,1H3/b21-17-/t26-,27+,30-,32-/m1/s1. The van der Waals surface area contributed by atoms with Gasteiger partial charge in [0.15, 0.2) is 0 Å². The average Bonchev–Trinajstić information content (AvgIpc) is 3.55. The number of para-hydroxylation sites is 1. The first-order valence-corrected chi connectivity index (χ1v) is 14.9. The lowest BCUT2D eigenvalue weighted by Gasteiger charge is -2.32. The van der Waals surface area contributed by atoms with E-state index in [1.807, 2.05) is 36.4 Å². The Bertz CT molecular complexity index is 1590. The zero-order valence-corrected chi connectivity index (χ0v) is 24.1. The summed E-state index contributed by atoms with van der Waals surface area (Å²) in [4.78, 5) is 33.4. The topological polar surface area (TPSA) is 120 Å². The highest BCUT2D eigenvalue weighted by Crippen LogP contribution is 2.51. The lowest BCUT2D eigenvalue weighted by Crippen LogP contribution is -2.35. The molecule has 2 saturated heterocycles. The molecule has 0 saturated carbocycles. The predicted octanol–water partition coefficient (Wildman–Crippen LogP) is 4.11. The number of amides is 2. The van der Waals surface area contributed by atoms with E-state index in [0.29, 0.717) is 37.1 Å². The van der Waals surface area contributed by atoms with E-state index >= 15 is 0 Å². The van der Waals surface area contributed by atoms with Crippen molar-refractivity contribution in [1.29, 1.82) is 0 Å². The molecular formula is C34H35BN2O6. The van der Waals surface area contributed by atoms with Gasteiger partial charge >= 0.3 is 7.12 Å². The third-order valence-electron chi connectivity index (χ3n) is 8.92. The number of nitrogens with zero attached hydrogens (tertiary/aromatic N) is 2. The summed E-state index contributed by atoms with van der Waals surface area (Å²) in [5.74, 6) is -1.44. The summed E-state index contributed by atoms with van der Waals surface area (Å²) in [6, 6.07) is 19.3. The number of hydrogen-bond donors (Lipinski definition) is 3. The second-order valence-electron chi connectivity index (χ2n) is 11.5. The van der Waals surface area contributed by atoms with Gasteiger partial charge in [0.2, 0.25) is 11.8 Å². The largest absolute Gasteiger partial charge is 0.507 e. The van der Waals surface area contributed by atoms with Crippen molar-refractivity contribution >= 4 is 41.7 Å². The van der Waals surface area contributed by atoms with Crippen LogP contribution < -0.4 is 10.4 Å². The molecule has 3 aromatic rings. The van der Waals surface area contributed by atoms with E-state index in [-0.39, 0.29) is 35.0 Å². The molecule has 220 valence electrons. The Morgan fingerprint density at radius 3 is 2.60 bits per heavy atom. The zero-order valence-electron chi connectivity index (χ0n) is 24.1. The number of aromatic nitrogens is 1. The Labute approximate surface area is 251 Å². The lowest BCUT2D eigenvalue weighted by atomic mass is 9.68. The number of fused-ring (bicyclic) bond motifs is 3. The van der Waals surface area contributed by atoms with Gasteiger partial charge in [-0.2, -0.15) is 0 Å². The van der Waals surface area contributed by atoms with Gasteiger partial charge in [0.25, 0.3) is 0 Å². The number of benzene rings is 2. The van der Waals surface area contributed by atoms with Crippen LogP contribution in [0, 0.1) is 17.8 Å². The van der Waals surface area contributed by atoms with E-state index in [2.05, 4.69) is 11.9 Å². The Morgan fingerprint density at radius 1 is 1.05 bits per heavy atom. The number of carbonyl (C=O) groups is 2. The first-order valence-electron chi connectivity index (χ1n) is 14.9. The number of pyridine rings is 1. The van der Waals surface area contributed by atoms with E-state index in [4.69, 9.17) is 4.74 Å². The number of carbonyl (C=O) groups excluding carboxylic acids is 2. The smallest absolute Gasteiger partial charge is 0.488 e. The Hall–Kier alpha value is -4.05. The van der Waals surface area contributed by atoms with Crippen molar-refractivity contribution in [2.75, 3.05) is 11.5 Å². The fourth-order valence-corrected chi connectivity index (χ4v) is 7.00. The summed E-state index contributed by atoms with van der Waals surface area (Å²) in [6.07, 6.45) is 7.14. The third kappa shape index (κ3) is 5.56. The van der Waals surface area contributed by atoms with Gasteiger partial charge in [-0.3, -0.25) is 19.5 Å². The molecule has 3 aliphatic rings. The van der Waals surface area contributed by atoms with E-state index in [9.17, 15) is 24.7 Å². The highest BCUT2D eigenvalue weighted by atomic mass is 16.5. The number of phenolic OH excluding ortho intramolecular Hbond substituents is 1. The molecule has 0 unspecified atom stereocenters. The van der Waals surface area contributed by atoms with Crippen molar-refractivity contribution in [2.45, 2.75) is 45.1 Å². The number of aromatic hydroxyl groups is 1. The molecule has 9 heteroatoms. The van der Waals surface area contributed by atoms with Crippen molar-refractivity contribution < 1.29 is 29.5 Å². The monoisotopic (exact) mass is 578 g/mol. The molecule has 2 aromatic carbocycles. The molecule has 2 aliphatic heterocycles. The number of allylic oxidation sites excluding steroid dienone is 2. The molecular weight excluding hydrogens is 543 g/mol. The summed E-state index contributed by atoms with van der Waals surface area (Å²) < 4.78 is 6.42. The first kappa shape index (κ1) is 29.0. The van der Waals surface area contributed by atoms with Crippen LogP contribution in [-0.4, -0.2) is 51.8 Å². The quantitative estimate of drug-likeness (QED) is 0.199. The highest BCUT2D eigenvalue weighted by molar-refractivity contribution is 6.58. The molecule has 3 N–H and O–H groups in total. The fourth-order valence-electron chi connectivity index (χ4n) is 7.00. The summed E-state index contributed by atoms with van der Waals surface area (Å²) in [5, 5.41) is 29.7. The first-order chi connectivity index (χ1) is 20.9. The molecule has 0 spiro atoms. The molecule has 8 nitrogen and oxygen atoms in total. The van der Waals surface area contributed by atoms with Gasteiger partial charge in [-0.05, 0) is 78.7 Å². The molecule has 1 aliphatic carbocycles. The maximum atomic E-state index is 13.9. The Kier molecular flexibility index (Phi) is 8.30. The van der Waals surface area contributed by atoms with Gasteiger partial charge in [-0.1, -0.05) is 55.3 Å². The molecule has 43 heavy (non-hydrogen) atoms. The van der Waals surface area contributed by atoms with Crippen LogP contribution in [0.4, 0.5) is 5.69 Å². The van der Waals surface area contributed by atoms with Crippen molar-refractivity contribution in [3.8, 4) is 5.75 Å². The van der Waals surface area contributed by atoms with Crippen LogP contribution in [-0.2, 0) is 14.3 Å². The van der Waals surface area contributed by atoms with Crippen molar-refractivity contribution in [3.63, 3.8) is 0 Å². The van der Waals surface area contributed by atoms with E-state index in [1.54, 1.807) is 36.5 Å². The van der Waals surface area contributed by atoms with Gasteiger partial charge in [-0.25, -0.2) is 0 Å². The summed E-state index contributed by atoms with van der Waals surface area (Å²) in [5.41, 5.74) is 5.48. The van der Waals surface area contributed by atoms with Gasteiger partial charge in [0.1, 0.15) is 5.75 Å². The normalized spacial score (nSPS) is 23.5. The second-order valence-corrected chi connectivity index (χ2v) is 11.5. The molecule has 6 rings (SSSR count). The SMILES string of the molecule is CCCC1=C2[C@@H](CC/C(=C/c3ccccc3O)c3ccccn3)OC[C@@H]2[C@@H]2C(=O)N(c3cccc(B(O)O)c3)C(=O)[C@@H]2C1. The number of hydrogen-bond acceptors (Lipinski definition) is 7. The van der Waals surface area contributed by atoms with Gasteiger partial charge < -0.3 is 19.9 Å². The van der Waals surface area contributed by atoms with Crippen molar-refractivity contribution in [3.05, 3.63) is 95.3 Å². The van der Waals surface area contributed by atoms with E-state index in [0.717, 1.165) is 29.7 Å². The zero-order chi connectivity index (χ0) is 30.1. The van der Waals surface area contributed by atoms with Gasteiger partial charge in [0, 0.05) is 17.7 Å². The van der Waals surface area contributed by atoms with Crippen molar-refractivity contribution in [1.82, 2.24) is 4.98 Å². The van der Waals surface area contributed by atoms with Crippen LogP contribution in [0.3, 0.4) is 0 Å². The summed E-state index contributed by atoms with van der Waals surface area (Å²) in [7, 11) is -1.70. The molecule has 2 fully saturated rings. The van der Waals surface area contributed by atoms with Crippen LogP contribution in [0.1, 0.15) is 50.3 Å². The number of phenols is 1. The molecule has 4 atom stereocenters. The number of imide groups is 1. The average molecular weight is 578 g/mol. The van der Waals surface area contributed by atoms with Gasteiger partial charge in [-0.15, -0.1) is 0 Å². The van der Waals surface area contributed by atoms with Crippen molar-refractivity contribution in [2.24, 2.45) is 17.8 Å². The molecule has 1 aromatic heterocycles. The molecule has 2 amide bonds. The Morgan fingerprint density at radius 2 is 1.86 bits per heavy atom. The van der Waals surface area contributed by atoms with Crippen LogP contribution in [0.15, 0.2) is 84.1 Å². The minimum Gasteiger partial charge on any atom is -0.507 e. The number of rotatable bonds is 9. The van der Waals surface area contributed by atoms with E-state index in [1.165, 1.54) is 16.5 Å². The number of ether oxygens (including phenoxy) is 1.